The van der Waals surface area contributed by atoms with Crippen molar-refractivity contribution in [3.63, 3.8) is 0 Å². The number of nitrogens with zero attached hydrogens (tertiary/aromatic N) is 5. The average Bonchev–Trinajstić information content (AvgIpc) is 2.86. The minimum atomic E-state index is -0.907. The van der Waals surface area contributed by atoms with Gasteiger partial charge in [0.1, 0.15) is 11.6 Å². The Morgan fingerprint density at radius 3 is 2.71 bits per heavy atom. The van der Waals surface area contributed by atoms with E-state index in [1.165, 1.54) is 11.8 Å². The van der Waals surface area contributed by atoms with Gasteiger partial charge in [0.15, 0.2) is 5.65 Å². The van der Waals surface area contributed by atoms with E-state index in [-0.39, 0.29) is 11.9 Å². The van der Waals surface area contributed by atoms with E-state index in [0.29, 0.717) is 31.1 Å². The van der Waals surface area contributed by atoms with Crippen LogP contribution in [0, 0.1) is 6.92 Å². The number of aryl methyl sites for hydroxylation is 1. The van der Waals surface area contributed by atoms with E-state index in [1.54, 1.807) is 10.6 Å². The van der Waals surface area contributed by atoms with Gasteiger partial charge in [-0.15, -0.1) is 0 Å². The first-order valence-corrected chi connectivity index (χ1v) is 7.74. The van der Waals surface area contributed by atoms with Gasteiger partial charge in [-0.25, -0.2) is 9.78 Å². The standard InChI is InChI=1S/C15H20N6O3/c1-9-6-13-17-12(16-11(3)22)7-14(21(13)18-9)20-5-4-19(15(23)24)8-10(20)2/h6-7,10H,4-5,8H2,1-3H3,(H,23,24)(H,16,17,22)/t10-/m0/s1. The van der Waals surface area contributed by atoms with Crippen LogP contribution in [0.1, 0.15) is 19.5 Å². The summed E-state index contributed by atoms with van der Waals surface area (Å²) < 4.78 is 1.73. The molecule has 3 rings (SSSR count). The van der Waals surface area contributed by atoms with Crippen LogP contribution in [0.2, 0.25) is 0 Å². The second kappa shape index (κ2) is 5.99. The molecule has 0 aromatic carbocycles. The van der Waals surface area contributed by atoms with Gasteiger partial charge in [-0.3, -0.25) is 4.79 Å². The van der Waals surface area contributed by atoms with Crippen molar-refractivity contribution in [3.05, 3.63) is 17.8 Å². The van der Waals surface area contributed by atoms with E-state index in [2.05, 4.69) is 20.3 Å². The number of aromatic nitrogens is 3. The molecule has 1 aliphatic rings. The van der Waals surface area contributed by atoms with Gasteiger partial charge in [0.05, 0.1) is 5.69 Å². The fraction of sp³-hybridized carbons (Fsp3) is 0.467. The Labute approximate surface area is 138 Å². The summed E-state index contributed by atoms with van der Waals surface area (Å²) in [7, 11) is 0. The molecule has 0 bridgehead atoms. The minimum Gasteiger partial charge on any atom is -0.465 e. The molecular formula is C15H20N6O3. The van der Waals surface area contributed by atoms with Crippen LogP contribution in [-0.2, 0) is 4.79 Å². The van der Waals surface area contributed by atoms with Crippen molar-refractivity contribution >= 4 is 29.3 Å². The van der Waals surface area contributed by atoms with Crippen molar-refractivity contribution in [3.8, 4) is 0 Å². The molecule has 0 unspecified atom stereocenters. The number of carbonyl (C=O) groups is 2. The number of carboxylic acid groups (broad SMARTS) is 1. The second-order valence-electron chi connectivity index (χ2n) is 6.01. The van der Waals surface area contributed by atoms with Crippen LogP contribution in [-0.4, -0.2) is 62.3 Å². The van der Waals surface area contributed by atoms with Gasteiger partial charge < -0.3 is 20.2 Å². The number of hydrogen-bond acceptors (Lipinski definition) is 5. The van der Waals surface area contributed by atoms with Gasteiger partial charge in [-0.05, 0) is 13.8 Å². The molecule has 24 heavy (non-hydrogen) atoms. The monoisotopic (exact) mass is 332 g/mol. The highest BCUT2D eigenvalue weighted by molar-refractivity contribution is 5.88. The number of rotatable bonds is 2. The van der Waals surface area contributed by atoms with E-state index in [1.807, 2.05) is 19.9 Å². The molecule has 1 aliphatic heterocycles. The van der Waals surface area contributed by atoms with E-state index in [0.717, 1.165) is 11.5 Å². The van der Waals surface area contributed by atoms with Gasteiger partial charge in [0, 0.05) is 44.7 Å². The molecule has 9 nitrogen and oxygen atoms in total. The molecule has 128 valence electrons. The zero-order chi connectivity index (χ0) is 17.4. The van der Waals surface area contributed by atoms with Gasteiger partial charge in [0.2, 0.25) is 5.91 Å². The summed E-state index contributed by atoms with van der Waals surface area (Å²) in [5.41, 5.74) is 1.46. The fourth-order valence-electron chi connectivity index (χ4n) is 2.99. The highest BCUT2D eigenvalue weighted by atomic mass is 16.4. The molecule has 3 heterocycles. The van der Waals surface area contributed by atoms with Crippen molar-refractivity contribution in [2.24, 2.45) is 0 Å². The van der Waals surface area contributed by atoms with E-state index in [4.69, 9.17) is 5.11 Å². The van der Waals surface area contributed by atoms with Crippen LogP contribution >= 0.6 is 0 Å². The minimum absolute atomic E-state index is 0.0184. The second-order valence-corrected chi connectivity index (χ2v) is 6.01. The Hall–Kier alpha value is -2.84. The molecule has 0 saturated carbocycles. The summed E-state index contributed by atoms with van der Waals surface area (Å²) in [6.07, 6.45) is -0.907. The summed E-state index contributed by atoms with van der Waals surface area (Å²) in [5.74, 6) is 1.05. The Kier molecular flexibility index (Phi) is 4.00. The van der Waals surface area contributed by atoms with Crippen LogP contribution in [0.5, 0.6) is 0 Å². The SMILES string of the molecule is CC(=O)Nc1cc(N2CCN(C(=O)O)C[C@@H]2C)n2nc(C)cc2n1. The number of amides is 2. The number of anilines is 2. The van der Waals surface area contributed by atoms with Crippen LogP contribution < -0.4 is 10.2 Å². The zero-order valence-corrected chi connectivity index (χ0v) is 13.9. The van der Waals surface area contributed by atoms with Gasteiger partial charge in [-0.1, -0.05) is 0 Å². The third-order valence-corrected chi connectivity index (χ3v) is 4.03. The van der Waals surface area contributed by atoms with Crippen LogP contribution in [0.4, 0.5) is 16.4 Å². The molecule has 1 saturated heterocycles. The van der Waals surface area contributed by atoms with Gasteiger partial charge in [-0.2, -0.15) is 9.61 Å². The van der Waals surface area contributed by atoms with E-state index in [9.17, 15) is 9.59 Å². The Morgan fingerprint density at radius 2 is 2.08 bits per heavy atom. The molecule has 2 amide bonds. The van der Waals surface area contributed by atoms with Crippen LogP contribution in [0.25, 0.3) is 5.65 Å². The lowest BCUT2D eigenvalue weighted by Gasteiger charge is -2.39. The molecule has 0 radical (unpaired) electrons. The van der Waals surface area contributed by atoms with Crippen LogP contribution in [0.3, 0.4) is 0 Å². The topological polar surface area (TPSA) is 103 Å². The molecular weight excluding hydrogens is 312 g/mol. The van der Waals surface area contributed by atoms with Crippen molar-refractivity contribution in [1.82, 2.24) is 19.5 Å². The van der Waals surface area contributed by atoms with Gasteiger partial charge in [0.25, 0.3) is 0 Å². The summed E-state index contributed by atoms with van der Waals surface area (Å²) in [6, 6.07) is 3.59. The largest absolute Gasteiger partial charge is 0.465 e. The molecule has 9 heteroatoms. The highest BCUT2D eigenvalue weighted by Gasteiger charge is 2.28. The highest BCUT2D eigenvalue weighted by Crippen LogP contribution is 2.24. The molecule has 1 atom stereocenters. The summed E-state index contributed by atoms with van der Waals surface area (Å²) >= 11 is 0. The average molecular weight is 332 g/mol. The van der Waals surface area contributed by atoms with Crippen molar-refractivity contribution in [2.75, 3.05) is 29.9 Å². The van der Waals surface area contributed by atoms with E-state index < -0.39 is 6.09 Å². The normalized spacial score (nSPS) is 18.0. The Morgan fingerprint density at radius 1 is 1.33 bits per heavy atom. The molecule has 0 spiro atoms. The quantitative estimate of drug-likeness (QED) is 0.856. The maximum Gasteiger partial charge on any atom is 0.407 e. The van der Waals surface area contributed by atoms with E-state index >= 15 is 0 Å². The lowest BCUT2D eigenvalue weighted by Crippen LogP contribution is -2.54. The lowest BCUT2D eigenvalue weighted by molar-refractivity contribution is -0.114. The number of nitrogens with one attached hydrogen (secondary N) is 1. The molecule has 1 fully saturated rings. The molecule has 2 aromatic heterocycles. The number of hydrogen-bond donors (Lipinski definition) is 2. The maximum atomic E-state index is 11.4. The third kappa shape index (κ3) is 2.97. The fourth-order valence-corrected chi connectivity index (χ4v) is 2.99. The molecule has 2 aromatic rings. The van der Waals surface area contributed by atoms with Crippen molar-refractivity contribution < 1.29 is 14.7 Å². The zero-order valence-electron chi connectivity index (χ0n) is 13.9. The summed E-state index contributed by atoms with van der Waals surface area (Å²) in [6.45, 7) is 6.65. The molecule has 0 aliphatic carbocycles. The smallest absolute Gasteiger partial charge is 0.407 e. The first kappa shape index (κ1) is 16.0. The van der Waals surface area contributed by atoms with Crippen molar-refractivity contribution in [2.45, 2.75) is 26.8 Å². The lowest BCUT2D eigenvalue weighted by atomic mass is 10.2. The molecule has 2 N–H and O–H groups in total. The first-order valence-electron chi connectivity index (χ1n) is 7.74. The van der Waals surface area contributed by atoms with Crippen LogP contribution in [0.15, 0.2) is 12.1 Å². The maximum absolute atomic E-state index is 11.4. The number of piperazine rings is 1. The summed E-state index contributed by atoms with van der Waals surface area (Å²) in [4.78, 5) is 30.4. The van der Waals surface area contributed by atoms with Gasteiger partial charge >= 0.3 is 6.09 Å². The Bertz CT molecular complexity index is 802. The third-order valence-electron chi connectivity index (χ3n) is 4.03. The van der Waals surface area contributed by atoms with Crippen molar-refractivity contribution in [1.29, 1.82) is 0 Å². The Balaban J connectivity index is 2.01. The number of fused-ring (bicyclic) bond motifs is 1. The summed E-state index contributed by atoms with van der Waals surface area (Å²) in [5, 5.41) is 16.3. The number of carbonyl (C=O) groups excluding carboxylic acids is 1. The predicted octanol–water partition coefficient (Wildman–Crippen LogP) is 1.18. The predicted molar refractivity (Wildman–Crippen MR) is 88.4 cm³/mol. The first-order chi connectivity index (χ1) is 11.3.